The van der Waals surface area contributed by atoms with Gasteiger partial charge in [-0.1, -0.05) is 36.4 Å². The largest absolute Gasteiger partial charge is 0.497 e. The van der Waals surface area contributed by atoms with Gasteiger partial charge in [-0.3, -0.25) is 4.79 Å². The average Bonchev–Trinajstić information content (AvgIpc) is 2.83. The second-order valence-electron chi connectivity index (χ2n) is 8.94. The van der Waals surface area contributed by atoms with Crippen LogP contribution in [0.25, 0.3) is 0 Å². The highest BCUT2D eigenvalue weighted by molar-refractivity contribution is 5.79. The van der Waals surface area contributed by atoms with Crippen molar-refractivity contribution in [1.29, 1.82) is 0 Å². The molecule has 6 nitrogen and oxygen atoms in total. The summed E-state index contributed by atoms with van der Waals surface area (Å²) in [6, 6.07) is 16.4. The van der Waals surface area contributed by atoms with Crippen molar-refractivity contribution in [2.45, 2.75) is 63.6 Å². The Morgan fingerprint density at radius 3 is 2.31 bits per heavy atom. The van der Waals surface area contributed by atoms with Crippen molar-refractivity contribution in [3.05, 3.63) is 65.2 Å². The van der Waals surface area contributed by atoms with E-state index >= 15 is 0 Å². The van der Waals surface area contributed by atoms with Crippen LogP contribution in [0.2, 0.25) is 0 Å². The van der Waals surface area contributed by atoms with Crippen LogP contribution in [-0.2, 0) is 24.2 Å². The van der Waals surface area contributed by atoms with Gasteiger partial charge >= 0.3 is 6.03 Å². The van der Waals surface area contributed by atoms with Crippen molar-refractivity contribution in [1.82, 2.24) is 16.0 Å². The van der Waals surface area contributed by atoms with E-state index in [9.17, 15) is 9.59 Å². The first kappa shape index (κ1) is 22.2. The lowest BCUT2D eigenvalue weighted by molar-refractivity contribution is -0.126. The number of nitrogens with one attached hydrogen (secondary N) is 3. The van der Waals surface area contributed by atoms with E-state index in [2.05, 4.69) is 40.2 Å². The molecule has 32 heavy (non-hydrogen) atoms. The lowest BCUT2D eigenvalue weighted by Crippen LogP contribution is -2.46. The van der Waals surface area contributed by atoms with E-state index in [4.69, 9.17) is 4.74 Å². The number of hydrogen-bond donors (Lipinski definition) is 3. The third-order valence-corrected chi connectivity index (χ3v) is 6.74. The lowest BCUT2D eigenvalue weighted by atomic mass is 9.84. The summed E-state index contributed by atoms with van der Waals surface area (Å²) in [5.74, 6) is 1.02. The van der Waals surface area contributed by atoms with Crippen LogP contribution in [0.15, 0.2) is 48.5 Å². The smallest absolute Gasteiger partial charge is 0.315 e. The molecule has 6 heteroatoms. The van der Waals surface area contributed by atoms with Gasteiger partial charge in [0.05, 0.1) is 7.11 Å². The van der Waals surface area contributed by atoms with Crippen LogP contribution >= 0.6 is 0 Å². The fourth-order valence-electron chi connectivity index (χ4n) is 4.80. The molecule has 1 fully saturated rings. The van der Waals surface area contributed by atoms with Gasteiger partial charge in [0.2, 0.25) is 5.91 Å². The molecule has 2 aliphatic rings. The van der Waals surface area contributed by atoms with Crippen molar-refractivity contribution >= 4 is 11.9 Å². The van der Waals surface area contributed by atoms with Crippen molar-refractivity contribution < 1.29 is 14.3 Å². The minimum atomic E-state index is -0.158. The molecule has 4 rings (SSSR count). The summed E-state index contributed by atoms with van der Waals surface area (Å²) in [7, 11) is 1.63. The normalized spacial score (nSPS) is 22.3. The Morgan fingerprint density at radius 2 is 1.59 bits per heavy atom. The van der Waals surface area contributed by atoms with Gasteiger partial charge in [-0.15, -0.1) is 0 Å². The monoisotopic (exact) mass is 435 g/mol. The van der Waals surface area contributed by atoms with Crippen LogP contribution in [0.3, 0.4) is 0 Å². The average molecular weight is 436 g/mol. The molecule has 3 amide bonds. The van der Waals surface area contributed by atoms with Crippen molar-refractivity contribution in [3.8, 4) is 5.75 Å². The number of carbonyl (C=O) groups excluding carboxylic acids is 2. The van der Waals surface area contributed by atoms with Crippen LogP contribution in [0.5, 0.6) is 5.75 Å². The van der Waals surface area contributed by atoms with E-state index in [1.165, 1.54) is 11.1 Å². The predicted molar refractivity (Wildman–Crippen MR) is 125 cm³/mol. The Hall–Kier alpha value is -3.02. The van der Waals surface area contributed by atoms with Gasteiger partial charge in [-0.2, -0.15) is 0 Å². The van der Waals surface area contributed by atoms with Crippen LogP contribution in [0.1, 0.15) is 48.8 Å². The van der Waals surface area contributed by atoms with Crippen LogP contribution < -0.4 is 20.7 Å². The SMILES string of the molecule is COc1ccc(CNC(=O)NC2CCC(C(=O)N[C@@H]3CCc4ccccc4C3)CC2)cc1. The molecule has 0 spiro atoms. The third kappa shape index (κ3) is 5.81. The number of aryl methyl sites for hydroxylation is 1. The summed E-state index contributed by atoms with van der Waals surface area (Å²) in [5, 5.41) is 9.25. The molecule has 2 aliphatic carbocycles. The Labute approximate surface area is 190 Å². The molecule has 0 aromatic heterocycles. The molecule has 1 saturated carbocycles. The second-order valence-corrected chi connectivity index (χ2v) is 8.94. The summed E-state index contributed by atoms with van der Waals surface area (Å²) < 4.78 is 5.15. The molecule has 3 N–H and O–H groups in total. The number of methoxy groups -OCH3 is 1. The Bertz CT molecular complexity index is 920. The molecule has 170 valence electrons. The first-order chi connectivity index (χ1) is 15.6. The molecular formula is C26H33N3O3. The van der Waals surface area contributed by atoms with E-state index in [-0.39, 0.29) is 29.9 Å². The molecule has 2 aromatic rings. The number of amides is 3. The summed E-state index contributed by atoms with van der Waals surface area (Å²) in [6.45, 7) is 0.470. The summed E-state index contributed by atoms with van der Waals surface area (Å²) >= 11 is 0. The fraction of sp³-hybridized carbons (Fsp3) is 0.462. The second kappa shape index (κ2) is 10.5. The van der Waals surface area contributed by atoms with Gasteiger partial charge in [-0.25, -0.2) is 4.79 Å². The number of hydrogen-bond acceptors (Lipinski definition) is 3. The topological polar surface area (TPSA) is 79.5 Å². The molecular weight excluding hydrogens is 402 g/mol. The van der Waals surface area contributed by atoms with Crippen LogP contribution in [-0.4, -0.2) is 31.1 Å². The van der Waals surface area contributed by atoms with Crippen molar-refractivity contribution in [2.75, 3.05) is 7.11 Å². The maximum Gasteiger partial charge on any atom is 0.315 e. The highest BCUT2D eigenvalue weighted by atomic mass is 16.5. The van der Waals surface area contributed by atoms with E-state index in [1.54, 1.807) is 7.11 Å². The molecule has 0 bridgehead atoms. The standard InChI is InChI=1S/C26H33N3O3/c1-32-24-14-6-18(7-15-24)17-27-26(31)29-22-11-9-20(10-12-22)25(30)28-23-13-8-19-4-2-3-5-21(19)16-23/h2-7,14-15,20,22-23H,8-13,16-17H2,1H3,(H,28,30)(H2,27,29,31)/t20?,22?,23-/m1/s1. The fourth-order valence-corrected chi connectivity index (χ4v) is 4.80. The zero-order valence-electron chi connectivity index (χ0n) is 18.7. The van der Waals surface area contributed by atoms with Crippen LogP contribution in [0.4, 0.5) is 4.79 Å². The summed E-state index contributed by atoms with van der Waals surface area (Å²) in [4.78, 5) is 25.1. The molecule has 0 saturated heterocycles. The number of carbonyl (C=O) groups is 2. The Kier molecular flexibility index (Phi) is 7.30. The van der Waals surface area contributed by atoms with E-state index in [0.717, 1.165) is 56.3 Å². The van der Waals surface area contributed by atoms with Crippen molar-refractivity contribution in [2.24, 2.45) is 5.92 Å². The molecule has 2 aromatic carbocycles. The highest BCUT2D eigenvalue weighted by Gasteiger charge is 2.29. The van der Waals surface area contributed by atoms with E-state index < -0.39 is 0 Å². The minimum absolute atomic E-state index is 0.0487. The quantitative estimate of drug-likeness (QED) is 0.647. The maximum atomic E-state index is 12.8. The number of rotatable bonds is 6. The van der Waals surface area contributed by atoms with Gasteiger partial charge in [-0.05, 0) is 73.8 Å². The van der Waals surface area contributed by atoms with Crippen molar-refractivity contribution in [3.63, 3.8) is 0 Å². The molecule has 0 aliphatic heterocycles. The Morgan fingerprint density at radius 1 is 0.875 bits per heavy atom. The third-order valence-electron chi connectivity index (χ3n) is 6.74. The molecule has 1 atom stereocenters. The van der Waals surface area contributed by atoms with Gasteiger partial charge in [0, 0.05) is 24.5 Å². The van der Waals surface area contributed by atoms with Gasteiger partial charge in [0.1, 0.15) is 5.75 Å². The number of ether oxygens (including phenoxy) is 1. The summed E-state index contributed by atoms with van der Waals surface area (Å²) in [6.07, 6.45) is 6.27. The molecule has 0 heterocycles. The molecule has 0 unspecified atom stereocenters. The number of fused-ring (bicyclic) bond motifs is 1. The van der Waals surface area contributed by atoms with Crippen LogP contribution in [0, 0.1) is 5.92 Å². The molecule has 0 radical (unpaired) electrons. The minimum Gasteiger partial charge on any atom is -0.497 e. The van der Waals surface area contributed by atoms with Gasteiger partial charge < -0.3 is 20.7 Å². The Balaban J connectivity index is 1.16. The van der Waals surface area contributed by atoms with E-state index in [0.29, 0.717) is 6.54 Å². The summed E-state index contributed by atoms with van der Waals surface area (Å²) in [5.41, 5.74) is 3.79. The maximum absolute atomic E-state index is 12.8. The van der Waals surface area contributed by atoms with Gasteiger partial charge in [0.15, 0.2) is 0 Å². The van der Waals surface area contributed by atoms with E-state index in [1.807, 2.05) is 24.3 Å². The zero-order valence-corrected chi connectivity index (χ0v) is 18.7. The zero-order chi connectivity index (χ0) is 22.3. The number of urea groups is 1. The first-order valence-corrected chi connectivity index (χ1v) is 11.6. The van der Waals surface area contributed by atoms with Gasteiger partial charge in [0.25, 0.3) is 0 Å². The first-order valence-electron chi connectivity index (χ1n) is 11.6. The number of benzene rings is 2. The predicted octanol–water partition coefficient (Wildman–Crippen LogP) is 3.73. The highest BCUT2D eigenvalue weighted by Crippen LogP contribution is 2.26. The lowest BCUT2D eigenvalue weighted by Gasteiger charge is -2.31.